The molecule has 2 N–H and O–H groups in total. The molecule has 1 aliphatic rings. The first-order valence-corrected chi connectivity index (χ1v) is 9.56. The molecule has 0 fully saturated rings. The van der Waals surface area contributed by atoms with E-state index in [1.807, 2.05) is 13.8 Å². The molecule has 0 aromatic heterocycles. The first kappa shape index (κ1) is 21.7. The topological polar surface area (TPSA) is 35.9 Å². The van der Waals surface area contributed by atoms with Crippen molar-refractivity contribution in [3.8, 4) is 11.1 Å². The van der Waals surface area contributed by atoms with E-state index in [4.69, 9.17) is 5.41 Å². The Morgan fingerprint density at radius 3 is 2.08 bits per heavy atom. The second-order valence-corrected chi connectivity index (χ2v) is 6.68. The molecular formula is C24H34N2. The Morgan fingerprint density at radius 1 is 0.962 bits per heavy atom. The molecule has 0 saturated carbocycles. The monoisotopic (exact) mass is 350 g/mol. The molecule has 2 aromatic carbocycles. The highest BCUT2D eigenvalue weighted by molar-refractivity contribution is 5.99. The van der Waals surface area contributed by atoms with Crippen molar-refractivity contribution in [1.82, 2.24) is 0 Å². The Labute approximate surface area is 159 Å². The molecule has 0 bridgehead atoms. The summed E-state index contributed by atoms with van der Waals surface area (Å²) < 4.78 is 0. The lowest BCUT2D eigenvalue weighted by Crippen LogP contribution is -2.13. The van der Waals surface area contributed by atoms with Crippen molar-refractivity contribution >= 4 is 18.1 Å². The lowest BCUT2D eigenvalue weighted by molar-refractivity contribution is 0.536. The van der Waals surface area contributed by atoms with E-state index < -0.39 is 0 Å². The van der Waals surface area contributed by atoms with Gasteiger partial charge in [0.2, 0.25) is 0 Å². The van der Waals surface area contributed by atoms with Crippen LogP contribution in [0.15, 0.2) is 42.5 Å². The number of benzene rings is 2. The van der Waals surface area contributed by atoms with Gasteiger partial charge in [0.1, 0.15) is 0 Å². The number of nitrogens with one attached hydrogen (secondary N) is 2. The van der Waals surface area contributed by atoms with Gasteiger partial charge in [-0.25, -0.2) is 0 Å². The number of hydrogen-bond acceptors (Lipinski definition) is 2. The zero-order chi connectivity index (χ0) is 19.9. The second kappa shape index (κ2) is 9.96. The smallest absolute Gasteiger partial charge is 0.0499 e. The lowest BCUT2D eigenvalue weighted by Gasteiger charge is -2.30. The molecular weight excluding hydrogens is 316 g/mol. The maximum Gasteiger partial charge on any atom is 0.0499 e. The van der Waals surface area contributed by atoms with E-state index >= 15 is 0 Å². The Bertz CT molecular complexity index is 757. The number of rotatable bonds is 2. The molecule has 2 aromatic rings. The average Bonchev–Trinajstić information content (AvgIpc) is 2.69. The highest BCUT2D eigenvalue weighted by atomic mass is 14.9. The molecule has 140 valence electrons. The zero-order valence-corrected chi connectivity index (χ0v) is 17.4. The Morgan fingerprint density at radius 2 is 1.54 bits per heavy atom. The van der Waals surface area contributed by atoms with Gasteiger partial charge in [-0.15, -0.1) is 0 Å². The van der Waals surface area contributed by atoms with E-state index in [2.05, 4.69) is 89.1 Å². The van der Waals surface area contributed by atoms with Gasteiger partial charge in [0.05, 0.1) is 0 Å². The van der Waals surface area contributed by atoms with Crippen molar-refractivity contribution in [3.05, 3.63) is 59.2 Å². The number of fused-ring (bicyclic) bond motifs is 3. The largest absolute Gasteiger partial charge is 0.355 e. The molecule has 0 radical (unpaired) electrons. The van der Waals surface area contributed by atoms with Gasteiger partial charge in [-0.1, -0.05) is 76.6 Å². The van der Waals surface area contributed by atoms with Gasteiger partial charge in [-0.3, -0.25) is 0 Å². The fourth-order valence-electron chi connectivity index (χ4n) is 3.27. The molecule has 1 atom stereocenters. The minimum Gasteiger partial charge on any atom is -0.355 e. The van der Waals surface area contributed by atoms with E-state index in [0.717, 1.165) is 0 Å². The molecule has 0 amide bonds. The standard InChI is InChI=1S/C21H25N.C2H6.CH3N/c1-6-20-17-10-8-7-9-16(17)19-12-14(4)11-18(21(19)22-20)15(5)13(2)3;2*1-2/h6-13,15,22H,1-5H3;1-2H3;2H,1H2/b20-6-;;. The van der Waals surface area contributed by atoms with Crippen LogP contribution in [0.2, 0.25) is 0 Å². The maximum atomic E-state index is 5.50. The van der Waals surface area contributed by atoms with Gasteiger partial charge in [-0.05, 0) is 49.6 Å². The van der Waals surface area contributed by atoms with Gasteiger partial charge >= 0.3 is 0 Å². The van der Waals surface area contributed by atoms with Crippen LogP contribution in [-0.4, -0.2) is 6.72 Å². The Balaban J connectivity index is 0.000000791. The average molecular weight is 351 g/mol. The van der Waals surface area contributed by atoms with Crippen molar-refractivity contribution < 1.29 is 0 Å². The van der Waals surface area contributed by atoms with Crippen molar-refractivity contribution in [1.29, 1.82) is 5.41 Å². The van der Waals surface area contributed by atoms with Crippen LogP contribution in [0.3, 0.4) is 0 Å². The molecule has 2 nitrogen and oxygen atoms in total. The minimum absolute atomic E-state index is 0.532. The summed E-state index contributed by atoms with van der Waals surface area (Å²) >= 11 is 0. The quantitative estimate of drug-likeness (QED) is 0.540. The predicted molar refractivity (Wildman–Crippen MR) is 118 cm³/mol. The number of hydrogen-bond donors (Lipinski definition) is 2. The van der Waals surface area contributed by atoms with Crippen molar-refractivity contribution in [2.24, 2.45) is 5.92 Å². The van der Waals surface area contributed by atoms with E-state index in [9.17, 15) is 0 Å². The first-order valence-electron chi connectivity index (χ1n) is 9.56. The molecule has 1 aliphatic heterocycles. The fraction of sp³-hybridized carbons (Fsp3) is 0.375. The molecule has 0 aliphatic carbocycles. The summed E-state index contributed by atoms with van der Waals surface area (Å²) in [4.78, 5) is 0. The molecule has 0 spiro atoms. The van der Waals surface area contributed by atoms with Crippen LogP contribution >= 0.6 is 0 Å². The third-order valence-electron chi connectivity index (χ3n) is 4.86. The van der Waals surface area contributed by atoms with Crippen LogP contribution in [0.1, 0.15) is 64.2 Å². The Kier molecular flexibility index (Phi) is 8.31. The van der Waals surface area contributed by atoms with Crippen LogP contribution in [0.25, 0.3) is 16.8 Å². The van der Waals surface area contributed by atoms with Crippen LogP contribution in [0.5, 0.6) is 0 Å². The number of allylic oxidation sites excluding steroid dienone is 1. The third kappa shape index (κ3) is 4.24. The summed E-state index contributed by atoms with van der Waals surface area (Å²) in [6.07, 6.45) is 2.17. The SMILES string of the molecule is C/C=C1\Nc2c(cc(C)cc2C(C)C(C)C)-c2ccccc21.C=N.CC. The Hall–Kier alpha value is -2.35. The predicted octanol–water partition coefficient (Wildman–Crippen LogP) is 7.50. The molecule has 0 saturated heterocycles. The maximum absolute atomic E-state index is 5.50. The summed E-state index contributed by atoms with van der Waals surface area (Å²) in [5, 5.41) is 9.20. The van der Waals surface area contributed by atoms with Gasteiger partial charge in [0, 0.05) is 22.5 Å². The van der Waals surface area contributed by atoms with E-state index in [-0.39, 0.29) is 0 Å². The first-order chi connectivity index (χ1) is 12.5. The summed E-state index contributed by atoms with van der Waals surface area (Å²) in [6, 6.07) is 13.3. The summed E-state index contributed by atoms with van der Waals surface area (Å²) in [7, 11) is 0. The normalized spacial score (nSPS) is 14.1. The van der Waals surface area contributed by atoms with Crippen LogP contribution in [0, 0.1) is 18.3 Å². The molecule has 1 heterocycles. The molecule has 2 heteroatoms. The van der Waals surface area contributed by atoms with Gasteiger partial charge in [0.25, 0.3) is 0 Å². The minimum atomic E-state index is 0.532. The zero-order valence-electron chi connectivity index (χ0n) is 17.4. The van der Waals surface area contributed by atoms with Crippen molar-refractivity contribution in [3.63, 3.8) is 0 Å². The van der Waals surface area contributed by atoms with Crippen LogP contribution in [0.4, 0.5) is 5.69 Å². The van der Waals surface area contributed by atoms with Crippen LogP contribution < -0.4 is 5.32 Å². The third-order valence-corrected chi connectivity index (χ3v) is 4.86. The fourth-order valence-corrected chi connectivity index (χ4v) is 3.27. The molecule has 26 heavy (non-hydrogen) atoms. The second-order valence-electron chi connectivity index (χ2n) is 6.68. The number of aryl methyl sites for hydroxylation is 1. The van der Waals surface area contributed by atoms with E-state index in [1.54, 1.807) is 0 Å². The van der Waals surface area contributed by atoms with Crippen molar-refractivity contribution in [2.75, 3.05) is 5.32 Å². The van der Waals surface area contributed by atoms with Gasteiger partial charge in [-0.2, -0.15) is 0 Å². The summed E-state index contributed by atoms with van der Waals surface area (Å²) in [5.41, 5.74) is 9.24. The highest BCUT2D eigenvalue weighted by Gasteiger charge is 2.24. The number of anilines is 1. The van der Waals surface area contributed by atoms with E-state index in [1.165, 1.54) is 39.2 Å². The molecule has 1 unspecified atom stereocenters. The van der Waals surface area contributed by atoms with E-state index in [0.29, 0.717) is 11.8 Å². The van der Waals surface area contributed by atoms with Crippen molar-refractivity contribution in [2.45, 2.75) is 54.4 Å². The van der Waals surface area contributed by atoms with Crippen LogP contribution in [-0.2, 0) is 0 Å². The van der Waals surface area contributed by atoms with Gasteiger partial charge in [0.15, 0.2) is 0 Å². The highest BCUT2D eigenvalue weighted by Crippen LogP contribution is 2.45. The van der Waals surface area contributed by atoms with Gasteiger partial charge < -0.3 is 10.7 Å². The lowest BCUT2D eigenvalue weighted by atomic mass is 9.82. The molecule has 3 rings (SSSR count). The summed E-state index contributed by atoms with van der Waals surface area (Å²) in [5.74, 6) is 1.16. The summed E-state index contributed by atoms with van der Waals surface area (Å²) in [6.45, 7) is 17.7.